The number of unbranched alkanes of at least 4 members (excludes halogenated alkanes) is 1. The highest BCUT2D eigenvalue weighted by Gasteiger charge is 2.11. The van der Waals surface area contributed by atoms with Crippen LogP contribution in [0.25, 0.3) is 0 Å². The molecule has 0 fully saturated rings. The van der Waals surface area contributed by atoms with Crippen molar-refractivity contribution in [1.29, 1.82) is 0 Å². The van der Waals surface area contributed by atoms with Gasteiger partial charge in [-0.25, -0.2) is 4.79 Å². The van der Waals surface area contributed by atoms with Crippen LogP contribution in [-0.4, -0.2) is 12.6 Å². The molecule has 2 aromatic carbocycles. The average molecular weight is 304 g/mol. The van der Waals surface area contributed by atoms with Gasteiger partial charge in [0, 0.05) is 5.69 Å². The van der Waals surface area contributed by atoms with Gasteiger partial charge >= 0.3 is 5.97 Å². The summed E-state index contributed by atoms with van der Waals surface area (Å²) in [4.78, 5) is 11.9. The van der Waals surface area contributed by atoms with Crippen molar-refractivity contribution in [2.45, 2.75) is 19.3 Å². The third kappa shape index (κ3) is 4.80. The molecule has 3 nitrogen and oxygen atoms in total. The van der Waals surface area contributed by atoms with Crippen LogP contribution in [0.4, 0.5) is 5.69 Å². The van der Waals surface area contributed by atoms with E-state index in [1.807, 2.05) is 18.2 Å². The summed E-state index contributed by atoms with van der Waals surface area (Å²) in [5, 5.41) is 0.323. The minimum Gasteiger partial charge on any atom is -0.462 e. The highest BCUT2D eigenvalue weighted by Crippen LogP contribution is 2.20. The number of nitrogens with two attached hydrogens (primary N) is 1. The summed E-state index contributed by atoms with van der Waals surface area (Å²) in [6, 6.07) is 15.0. The predicted octanol–water partition coefficient (Wildman–Crippen LogP) is 4.10. The number of carbonyl (C=O) groups is 1. The first kappa shape index (κ1) is 15.4. The molecule has 2 rings (SSSR count). The Morgan fingerprint density at radius 1 is 1.10 bits per heavy atom. The lowest BCUT2D eigenvalue weighted by molar-refractivity contribution is 0.0499. The van der Waals surface area contributed by atoms with E-state index in [9.17, 15) is 4.79 Å². The van der Waals surface area contributed by atoms with E-state index in [-0.39, 0.29) is 0 Å². The van der Waals surface area contributed by atoms with Crippen LogP contribution < -0.4 is 5.73 Å². The van der Waals surface area contributed by atoms with Crippen molar-refractivity contribution in [3.63, 3.8) is 0 Å². The van der Waals surface area contributed by atoms with Gasteiger partial charge in [0.15, 0.2) is 0 Å². The molecule has 0 heterocycles. The van der Waals surface area contributed by atoms with E-state index in [0.717, 1.165) is 19.3 Å². The maximum absolute atomic E-state index is 11.9. The number of aryl methyl sites for hydroxylation is 1. The molecule has 21 heavy (non-hydrogen) atoms. The number of hydrogen-bond acceptors (Lipinski definition) is 3. The number of esters is 1. The maximum atomic E-state index is 11.9. The molecular weight excluding hydrogens is 286 g/mol. The van der Waals surface area contributed by atoms with Crippen molar-refractivity contribution >= 4 is 23.3 Å². The van der Waals surface area contributed by atoms with E-state index in [1.54, 1.807) is 18.2 Å². The fourth-order valence-electron chi connectivity index (χ4n) is 2.02. The van der Waals surface area contributed by atoms with Gasteiger partial charge in [0.25, 0.3) is 0 Å². The number of carbonyl (C=O) groups excluding carboxylic acids is 1. The van der Waals surface area contributed by atoms with E-state index < -0.39 is 5.97 Å². The molecule has 0 amide bonds. The minimum atomic E-state index is -0.403. The van der Waals surface area contributed by atoms with E-state index >= 15 is 0 Å². The van der Waals surface area contributed by atoms with E-state index in [2.05, 4.69) is 12.1 Å². The summed E-state index contributed by atoms with van der Waals surface area (Å²) < 4.78 is 5.22. The van der Waals surface area contributed by atoms with Gasteiger partial charge in [-0.2, -0.15) is 0 Å². The second-order valence-corrected chi connectivity index (χ2v) is 5.23. The average Bonchev–Trinajstić information content (AvgIpc) is 2.47. The summed E-state index contributed by atoms with van der Waals surface area (Å²) in [6.45, 7) is 0.395. The van der Waals surface area contributed by atoms with Crippen molar-refractivity contribution in [2.24, 2.45) is 0 Å². The van der Waals surface area contributed by atoms with Gasteiger partial charge in [0.05, 0.1) is 17.2 Å². The van der Waals surface area contributed by atoms with Crippen molar-refractivity contribution < 1.29 is 9.53 Å². The number of ether oxygens (including phenoxy) is 1. The van der Waals surface area contributed by atoms with Crippen LogP contribution in [0.2, 0.25) is 5.02 Å². The van der Waals surface area contributed by atoms with Crippen LogP contribution in [0.5, 0.6) is 0 Å². The normalized spacial score (nSPS) is 10.3. The summed E-state index contributed by atoms with van der Waals surface area (Å²) in [7, 11) is 0. The van der Waals surface area contributed by atoms with Gasteiger partial charge in [-0.3, -0.25) is 0 Å². The molecule has 110 valence electrons. The molecule has 2 N–H and O–H groups in total. The first-order valence-corrected chi connectivity index (χ1v) is 7.30. The highest BCUT2D eigenvalue weighted by molar-refractivity contribution is 6.33. The number of halogens is 1. The minimum absolute atomic E-state index is 0.323. The Morgan fingerprint density at radius 3 is 2.57 bits per heavy atom. The Labute approximate surface area is 129 Å². The van der Waals surface area contributed by atoms with Crippen LogP contribution in [0.3, 0.4) is 0 Å². The Bertz CT molecular complexity index is 599. The van der Waals surface area contributed by atoms with Crippen molar-refractivity contribution in [3.05, 3.63) is 64.7 Å². The third-order valence-electron chi connectivity index (χ3n) is 3.15. The zero-order valence-corrected chi connectivity index (χ0v) is 12.5. The number of nitrogen functional groups attached to an aromatic ring is 1. The van der Waals surface area contributed by atoms with Crippen LogP contribution >= 0.6 is 11.6 Å². The Balaban J connectivity index is 1.72. The molecule has 0 aliphatic carbocycles. The standard InChI is InChI=1S/C17H18ClNO2/c18-16-12-14(19)9-10-15(16)17(20)21-11-5-4-8-13-6-2-1-3-7-13/h1-3,6-7,9-10,12H,4-5,8,11,19H2. The second kappa shape index (κ2) is 7.70. The number of hydrogen-bond donors (Lipinski definition) is 1. The van der Waals surface area contributed by atoms with Gasteiger partial charge < -0.3 is 10.5 Å². The molecule has 0 atom stereocenters. The van der Waals surface area contributed by atoms with Gasteiger partial charge in [-0.05, 0) is 43.0 Å². The Kier molecular flexibility index (Phi) is 5.64. The van der Waals surface area contributed by atoms with Crippen molar-refractivity contribution in [2.75, 3.05) is 12.3 Å². The molecule has 0 aliphatic heterocycles. The third-order valence-corrected chi connectivity index (χ3v) is 3.46. The van der Waals surface area contributed by atoms with E-state index in [0.29, 0.717) is 22.9 Å². The molecule has 0 aromatic heterocycles. The van der Waals surface area contributed by atoms with E-state index in [1.165, 1.54) is 5.56 Å². The van der Waals surface area contributed by atoms with Crippen molar-refractivity contribution in [3.8, 4) is 0 Å². The van der Waals surface area contributed by atoms with Crippen LogP contribution in [0.15, 0.2) is 48.5 Å². The molecular formula is C17H18ClNO2. The number of benzene rings is 2. The smallest absolute Gasteiger partial charge is 0.339 e. The molecule has 0 saturated carbocycles. The molecule has 4 heteroatoms. The Morgan fingerprint density at radius 2 is 1.86 bits per heavy atom. The summed E-state index contributed by atoms with van der Waals surface area (Å²) in [5.74, 6) is -0.403. The molecule has 0 radical (unpaired) electrons. The number of rotatable bonds is 6. The zero-order chi connectivity index (χ0) is 15.1. The lowest BCUT2D eigenvalue weighted by Crippen LogP contribution is -2.07. The largest absolute Gasteiger partial charge is 0.462 e. The molecule has 0 spiro atoms. The SMILES string of the molecule is Nc1ccc(C(=O)OCCCCc2ccccc2)c(Cl)c1. The predicted molar refractivity (Wildman–Crippen MR) is 85.5 cm³/mol. The van der Waals surface area contributed by atoms with Crippen molar-refractivity contribution in [1.82, 2.24) is 0 Å². The zero-order valence-electron chi connectivity index (χ0n) is 11.7. The fraction of sp³-hybridized carbons (Fsp3) is 0.235. The first-order valence-electron chi connectivity index (χ1n) is 6.93. The fourth-order valence-corrected chi connectivity index (χ4v) is 2.28. The quantitative estimate of drug-likeness (QED) is 0.496. The molecule has 0 saturated heterocycles. The second-order valence-electron chi connectivity index (χ2n) is 4.82. The summed E-state index contributed by atoms with van der Waals surface area (Å²) in [6.07, 6.45) is 2.79. The number of anilines is 1. The highest BCUT2D eigenvalue weighted by atomic mass is 35.5. The molecule has 2 aromatic rings. The first-order chi connectivity index (χ1) is 10.2. The van der Waals surface area contributed by atoms with E-state index in [4.69, 9.17) is 22.1 Å². The molecule has 0 aliphatic rings. The lowest BCUT2D eigenvalue weighted by atomic mass is 10.1. The van der Waals surface area contributed by atoms with Gasteiger partial charge in [-0.1, -0.05) is 41.9 Å². The van der Waals surface area contributed by atoms with Crippen LogP contribution in [0, 0.1) is 0 Å². The topological polar surface area (TPSA) is 52.3 Å². The monoisotopic (exact) mass is 303 g/mol. The van der Waals surface area contributed by atoms with Gasteiger partial charge in [-0.15, -0.1) is 0 Å². The lowest BCUT2D eigenvalue weighted by Gasteiger charge is -2.07. The Hall–Kier alpha value is -2.00. The van der Waals surface area contributed by atoms with Gasteiger partial charge in [0.1, 0.15) is 0 Å². The van der Waals surface area contributed by atoms with Crippen LogP contribution in [-0.2, 0) is 11.2 Å². The van der Waals surface area contributed by atoms with Crippen LogP contribution in [0.1, 0.15) is 28.8 Å². The molecule has 0 unspecified atom stereocenters. The van der Waals surface area contributed by atoms with Gasteiger partial charge in [0.2, 0.25) is 0 Å². The summed E-state index contributed by atoms with van der Waals surface area (Å²) >= 11 is 5.96. The molecule has 0 bridgehead atoms. The maximum Gasteiger partial charge on any atom is 0.339 e. The summed E-state index contributed by atoms with van der Waals surface area (Å²) in [5.41, 5.74) is 7.77.